The smallest absolute Gasteiger partial charge is 0.146 e. The number of nitrogens with zero attached hydrogens (tertiary/aromatic N) is 1. The molecule has 1 fully saturated rings. The second kappa shape index (κ2) is 7.04. The van der Waals surface area contributed by atoms with Crippen molar-refractivity contribution in [3.63, 3.8) is 0 Å². The van der Waals surface area contributed by atoms with Crippen molar-refractivity contribution < 1.29 is 9.50 Å². The van der Waals surface area contributed by atoms with Crippen LogP contribution in [0.4, 0.5) is 10.1 Å². The Labute approximate surface area is 120 Å². The summed E-state index contributed by atoms with van der Waals surface area (Å²) in [6, 6.07) is 5.26. The molecule has 1 aromatic rings. The molecule has 1 saturated carbocycles. The average molecular weight is 280 g/mol. The van der Waals surface area contributed by atoms with E-state index in [4.69, 9.17) is 0 Å². The van der Waals surface area contributed by atoms with Gasteiger partial charge in [0.05, 0.1) is 11.8 Å². The van der Waals surface area contributed by atoms with Gasteiger partial charge in [0.2, 0.25) is 0 Å². The van der Waals surface area contributed by atoms with Crippen LogP contribution in [0, 0.1) is 11.7 Å². The van der Waals surface area contributed by atoms with E-state index in [1.165, 1.54) is 6.07 Å². The van der Waals surface area contributed by atoms with Crippen LogP contribution in [-0.2, 0) is 6.54 Å². The minimum Gasteiger partial charge on any atom is -0.393 e. The molecule has 3 nitrogen and oxygen atoms in total. The molecule has 0 heterocycles. The Morgan fingerprint density at radius 1 is 1.40 bits per heavy atom. The summed E-state index contributed by atoms with van der Waals surface area (Å²) >= 11 is 0. The lowest BCUT2D eigenvalue weighted by Gasteiger charge is -2.36. The minimum absolute atomic E-state index is 0.153. The van der Waals surface area contributed by atoms with Crippen molar-refractivity contribution in [2.75, 3.05) is 25.0 Å². The van der Waals surface area contributed by atoms with Crippen LogP contribution in [-0.4, -0.2) is 31.3 Å². The molecule has 0 amide bonds. The number of aliphatic hydroxyl groups is 1. The Kier molecular flexibility index (Phi) is 5.38. The molecule has 0 aromatic heterocycles. The van der Waals surface area contributed by atoms with Crippen LogP contribution in [0.2, 0.25) is 0 Å². The maximum Gasteiger partial charge on any atom is 0.146 e. The standard InChI is InChI=1S/C16H25FN2O/c1-3-7-18-10-13-5-4-6-15(17)16(13)19(2)11-12-8-14(20)9-12/h4-6,12,14,18,20H,3,7-11H2,1-2H3. The molecule has 0 saturated heterocycles. The van der Waals surface area contributed by atoms with E-state index in [2.05, 4.69) is 12.2 Å². The molecule has 0 aliphatic heterocycles. The van der Waals surface area contributed by atoms with Gasteiger partial charge < -0.3 is 15.3 Å². The van der Waals surface area contributed by atoms with E-state index in [1.54, 1.807) is 6.07 Å². The first-order chi connectivity index (χ1) is 9.61. The second-order valence-electron chi connectivity index (χ2n) is 5.80. The first-order valence-electron chi connectivity index (χ1n) is 7.49. The lowest BCUT2D eigenvalue weighted by molar-refractivity contribution is 0.0464. The molecule has 0 radical (unpaired) electrons. The molecule has 1 aliphatic carbocycles. The Hall–Kier alpha value is -1.13. The maximum absolute atomic E-state index is 14.1. The van der Waals surface area contributed by atoms with Gasteiger partial charge in [-0.2, -0.15) is 0 Å². The Morgan fingerprint density at radius 2 is 2.15 bits per heavy atom. The fourth-order valence-electron chi connectivity index (χ4n) is 2.86. The van der Waals surface area contributed by atoms with Gasteiger partial charge in [-0.25, -0.2) is 4.39 Å². The molecule has 0 unspecified atom stereocenters. The summed E-state index contributed by atoms with van der Waals surface area (Å²) in [4.78, 5) is 1.99. The molecule has 2 N–H and O–H groups in total. The van der Waals surface area contributed by atoms with Gasteiger partial charge in [-0.15, -0.1) is 0 Å². The fourth-order valence-corrected chi connectivity index (χ4v) is 2.86. The van der Waals surface area contributed by atoms with Gasteiger partial charge >= 0.3 is 0 Å². The van der Waals surface area contributed by atoms with Crippen LogP contribution in [0.1, 0.15) is 31.7 Å². The number of hydrogen-bond donors (Lipinski definition) is 2. The third kappa shape index (κ3) is 3.70. The molecule has 1 aliphatic rings. The zero-order valence-electron chi connectivity index (χ0n) is 12.4. The number of hydrogen-bond acceptors (Lipinski definition) is 3. The van der Waals surface area contributed by atoms with Crippen LogP contribution in [0.25, 0.3) is 0 Å². The third-order valence-corrected chi connectivity index (χ3v) is 3.94. The van der Waals surface area contributed by atoms with Crippen LogP contribution in [0.3, 0.4) is 0 Å². The van der Waals surface area contributed by atoms with Gasteiger partial charge in [-0.1, -0.05) is 19.1 Å². The summed E-state index contributed by atoms with van der Waals surface area (Å²) in [6.07, 6.45) is 2.59. The summed E-state index contributed by atoms with van der Waals surface area (Å²) in [5.41, 5.74) is 1.69. The summed E-state index contributed by atoms with van der Waals surface area (Å²) < 4.78 is 14.1. The van der Waals surface area contributed by atoms with Crippen LogP contribution < -0.4 is 10.2 Å². The normalized spacial score (nSPS) is 21.6. The monoisotopic (exact) mass is 280 g/mol. The van der Waals surface area contributed by atoms with Gasteiger partial charge in [0.1, 0.15) is 5.82 Å². The van der Waals surface area contributed by atoms with E-state index in [9.17, 15) is 9.50 Å². The molecular weight excluding hydrogens is 255 g/mol. The van der Waals surface area contributed by atoms with Gasteiger partial charge in [0.15, 0.2) is 0 Å². The molecule has 0 spiro atoms. The molecule has 1 aromatic carbocycles. The van der Waals surface area contributed by atoms with E-state index >= 15 is 0 Å². The SMILES string of the molecule is CCCNCc1cccc(F)c1N(C)CC1CC(O)C1. The highest BCUT2D eigenvalue weighted by molar-refractivity contribution is 5.54. The lowest BCUT2D eigenvalue weighted by atomic mass is 9.82. The number of para-hydroxylation sites is 1. The highest BCUT2D eigenvalue weighted by Crippen LogP contribution is 2.31. The summed E-state index contributed by atoms with van der Waals surface area (Å²) in [5.74, 6) is 0.314. The van der Waals surface area contributed by atoms with Crippen LogP contribution in [0.5, 0.6) is 0 Å². The first kappa shape index (κ1) is 15.3. The van der Waals surface area contributed by atoms with E-state index in [1.807, 2.05) is 18.0 Å². The molecule has 2 rings (SSSR count). The number of aliphatic hydroxyl groups excluding tert-OH is 1. The first-order valence-corrected chi connectivity index (χ1v) is 7.49. The minimum atomic E-state index is -0.164. The molecule has 4 heteroatoms. The zero-order valence-corrected chi connectivity index (χ0v) is 12.4. The zero-order chi connectivity index (χ0) is 14.5. The van der Waals surface area contributed by atoms with Gasteiger partial charge in [0.25, 0.3) is 0 Å². The summed E-state index contributed by atoms with van der Waals surface area (Å²) in [7, 11) is 1.94. The van der Waals surface area contributed by atoms with Crippen molar-refractivity contribution >= 4 is 5.69 Å². The predicted octanol–water partition coefficient (Wildman–Crippen LogP) is 2.53. The highest BCUT2D eigenvalue weighted by atomic mass is 19.1. The van der Waals surface area contributed by atoms with Gasteiger partial charge in [0, 0.05) is 20.1 Å². The van der Waals surface area contributed by atoms with Crippen molar-refractivity contribution in [1.29, 1.82) is 0 Å². The number of rotatable bonds is 7. The van der Waals surface area contributed by atoms with E-state index in [0.29, 0.717) is 18.2 Å². The average Bonchev–Trinajstić information content (AvgIpc) is 2.37. The number of nitrogens with one attached hydrogen (secondary N) is 1. The van der Waals surface area contributed by atoms with Gasteiger partial charge in [-0.3, -0.25) is 0 Å². The van der Waals surface area contributed by atoms with Crippen molar-refractivity contribution in [1.82, 2.24) is 5.32 Å². The quantitative estimate of drug-likeness (QED) is 0.753. The highest BCUT2D eigenvalue weighted by Gasteiger charge is 2.28. The maximum atomic E-state index is 14.1. The van der Waals surface area contributed by atoms with E-state index in [0.717, 1.165) is 37.9 Å². The number of benzene rings is 1. The van der Waals surface area contributed by atoms with Crippen molar-refractivity contribution in [2.24, 2.45) is 5.92 Å². The fraction of sp³-hybridized carbons (Fsp3) is 0.625. The predicted molar refractivity (Wildman–Crippen MR) is 80.4 cm³/mol. The van der Waals surface area contributed by atoms with Crippen molar-refractivity contribution in [3.8, 4) is 0 Å². The topological polar surface area (TPSA) is 35.5 Å². The second-order valence-corrected chi connectivity index (χ2v) is 5.80. The molecule has 112 valence electrons. The van der Waals surface area contributed by atoms with Crippen LogP contribution in [0.15, 0.2) is 18.2 Å². The Bertz CT molecular complexity index is 432. The van der Waals surface area contributed by atoms with E-state index < -0.39 is 0 Å². The lowest BCUT2D eigenvalue weighted by Crippen LogP contribution is -2.37. The van der Waals surface area contributed by atoms with E-state index in [-0.39, 0.29) is 11.9 Å². The number of anilines is 1. The van der Waals surface area contributed by atoms with Crippen molar-refractivity contribution in [2.45, 2.75) is 38.8 Å². The summed E-state index contributed by atoms with van der Waals surface area (Å²) in [6.45, 7) is 4.55. The largest absolute Gasteiger partial charge is 0.393 e. The van der Waals surface area contributed by atoms with Crippen LogP contribution >= 0.6 is 0 Å². The Morgan fingerprint density at radius 3 is 2.80 bits per heavy atom. The molecular formula is C16H25FN2O. The Balaban J connectivity index is 2.03. The molecule has 0 atom stereocenters. The summed E-state index contributed by atoms with van der Waals surface area (Å²) in [5, 5.41) is 12.7. The number of halogens is 1. The molecule has 20 heavy (non-hydrogen) atoms. The van der Waals surface area contributed by atoms with Gasteiger partial charge in [-0.05, 0) is 43.4 Å². The van der Waals surface area contributed by atoms with Crippen molar-refractivity contribution in [3.05, 3.63) is 29.6 Å². The third-order valence-electron chi connectivity index (χ3n) is 3.94. The molecule has 0 bridgehead atoms.